The molecule has 8 heteroatoms. The van der Waals surface area contributed by atoms with E-state index in [2.05, 4.69) is 14.7 Å². The molecule has 0 amide bonds. The Morgan fingerprint density at radius 2 is 1.79 bits per heavy atom. The highest BCUT2D eigenvalue weighted by Crippen LogP contribution is 2.30. The third kappa shape index (κ3) is 4.18. The summed E-state index contributed by atoms with van der Waals surface area (Å²) in [5.74, 6) is 1.38. The molecule has 0 bridgehead atoms. The van der Waals surface area contributed by atoms with Crippen molar-refractivity contribution in [3.63, 3.8) is 0 Å². The van der Waals surface area contributed by atoms with Gasteiger partial charge in [-0.25, -0.2) is 18.1 Å². The predicted octanol–water partition coefficient (Wildman–Crippen LogP) is 3.52. The molecule has 2 aromatic carbocycles. The van der Waals surface area contributed by atoms with Gasteiger partial charge in [-0.05, 0) is 24.1 Å². The predicted molar refractivity (Wildman–Crippen MR) is 107 cm³/mol. The summed E-state index contributed by atoms with van der Waals surface area (Å²) in [7, 11) is -0.817. The van der Waals surface area contributed by atoms with Crippen LogP contribution in [0.3, 0.4) is 0 Å². The molecule has 0 aliphatic rings. The van der Waals surface area contributed by atoms with Crippen LogP contribution in [0.1, 0.15) is 25.2 Å². The number of H-pyrrole nitrogens is 1. The van der Waals surface area contributed by atoms with Crippen molar-refractivity contribution in [2.75, 3.05) is 14.2 Å². The maximum Gasteiger partial charge on any atom is 0.241 e. The first-order chi connectivity index (χ1) is 13.5. The van der Waals surface area contributed by atoms with Gasteiger partial charge in [-0.1, -0.05) is 37.3 Å². The summed E-state index contributed by atoms with van der Waals surface area (Å²) in [6.45, 7) is 1.90. The maximum absolute atomic E-state index is 12.9. The largest absolute Gasteiger partial charge is 0.493 e. The van der Waals surface area contributed by atoms with E-state index in [1.54, 1.807) is 12.3 Å². The van der Waals surface area contributed by atoms with Crippen molar-refractivity contribution >= 4 is 10.0 Å². The molecule has 0 saturated heterocycles. The van der Waals surface area contributed by atoms with E-state index in [1.807, 2.05) is 37.3 Å². The maximum atomic E-state index is 12.9. The molecule has 1 atom stereocenters. The Morgan fingerprint density at radius 3 is 2.43 bits per heavy atom. The Bertz CT molecular complexity index is 1030. The van der Waals surface area contributed by atoms with Gasteiger partial charge >= 0.3 is 0 Å². The number of benzene rings is 2. The molecule has 1 heterocycles. The van der Waals surface area contributed by atoms with Gasteiger partial charge in [-0.2, -0.15) is 0 Å². The minimum atomic E-state index is -3.78. The van der Waals surface area contributed by atoms with Crippen molar-refractivity contribution in [3.8, 4) is 22.8 Å². The van der Waals surface area contributed by atoms with Crippen LogP contribution in [-0.4, -0.2) is 32.6 Å². The first-order valence-corrected chi connectivity index (χ1v) is 10.3. The van der Waals surface area contributed by atoms with Crippen LogP contribution < -0.4 is 14.2 Å². The highest BCUT2D eigenvalue weighted by molar-refractivity contribution is 7.89. The van der Waals surface area contributed by atoms with Crippen LogP contribution in [0.4, 0.5) is 0 Å². The summed E-state index contributed by atoms with van der Waals surface area (Å²) in [5, 5.41) is 0. The Labute approximate surface area is 164 Å². The van der Waals surface area contributed by atoms with Crippen LogP contribution in [0.15, 0.2) is 59.6 Å². The van der Waals surface area contributed by atoms with E-state index >= 15 is 0 Å². The van der Waals surface area contributed by atoms with Crippen molar-refractivity contribution < 1.29 is 17.9 Å². The number of nitrogens with one attached hydrogen (secondary N) is 2. The Balaban J connectivity index is 1.85. The number of sulfonamides is 1. The molecular weight excluding hydrogens is 378 g/mol. The lowest BCUT2D eigenvalue weighted by Crippen LogP contribution is -2.29. The van der Waals surface area contributed by atoms with Gasteiger partial charge < -0.3 is 14.5 Å². The SMILES string of the molecule is CCC(NS(=O)(=O)c1ccc(OC)c(OC)c1)c1ncc(-c2ccccc2)[nH]1. The molecule has 0 aliphatic heterocycles. The molecule has 0 radical (unpaired) electrons. The average molecular weight is 401 g/mol. The van der Waals surface area contributed by atoms with Crippen molar-refractivity contribution in [3.05, 3.63) is 60.6 Å². The van der Waals surface area contributed by atoms with Crippen molar-refractivity contribution in [2.24, 2.45) is 0 Å². The van der Waals surface area contributed by atoms with Gasteiger partial charge in [0.2, 0.25) is 10.0 Å². The van der Waals surface area contributed by atoms with E-state index in [-0.39, 0.29) is 4.90 Å². The van der Waals surface area contributed by atoms with Crippen LogP contribution in [0.25, 0.3) is 11.3 Å². The minimum Gasteiger partial charge on any atom is -0.493 e. The molecule has 1 unspecified atom stereocenters. The molecule has 0 fully saturated rings. The Hall–Kier alpha value is -2.84. The summed E-state index contributed by atoms with van der Waals surface area (Å²) < 4.78 is 38.8. The van der Waals surface area contributed by atoms with Crippen LogP contribution in [0.2, 0.25) is 0 Å². The van der Waals surface area contributed by atoms with Crippen molar-refractivity contribution in [2.45, 2.75) is 24.3 Å². The number of methoxy groups -OCH3 is 2. The second-order valence-corrected chi connectivity index (χ2v) is 7.86. The molecule has 28 heavy (non-hydrogen) atoms. The molecule has 0 saturated carbocycles. The highest BCUT2D eigenvalue weighted by atomic mass is 32.2. The lowest BCUT2D eigenvalue weighted by Gasteiger charge is -2.16. The molecule has 0 aliphatic carbocycles. The van der Waals surface area contributed by atoms with E-state index in [1.165, 1.54) is 26.4 Å². The smallest absolute Gasteiger partial charge is 0.241 e. The number of hydrogen-bond donors (Lipinski definition) is 2. The zero-order valence-corrected chi connectivity index (χ0v) is 16.8. The van der Waals surface area contributed by atoms with Crippen molar-refractivity contribution in [1.29, 1.82) is 0 Å². The molecule has 3 aromatic rings. The fourth-order valence-electron chi connectivity index (χ4n) is 2.85. The standard InChI is InChI=1S/C20H23N3O4S/c1-4-16(20-21-13-17(22-20)14-8-6-5-7-9-14)23-28(24,25)15-10-11-18(26-2)19(12-15)27-3/h5-13,16,23H,4H2,1-3H3,(H,21,22). The zero-order chi connectivity index (χ0) is 20.1. The van der Waals surface area contributed by atoms with Crippen molar-refractivity contribution in [1.82, 2.24) is 14.7 Å². The normalized spacial score (nSPS) is 12.5. The minimum absolute atomic E-state index is 0.0958. The second kappa shape index (κ2) is 8.45. The molecule has 3 rings (SSSR count). The lowest BCUT2D eigenvalue weighted by atomic mass is 10.2. The number of aromatic nitrogens is 2. The van der Waals surface area contributed by atoms with Gasteiger partial charge in [0.05, 0.1) is 37.0 Å². The third-order valence-electron chi connectivity index (χ3n) is 4.38. The van der Waals surface area contributed by atoms with Gasteiger partial charge in [-0.15, -0.1) is 0 Å². The van der Waals surface area contributed by atoms with Gasteiger partial charge in [0, 0.05) is 6.07 Å². The topological polar surface area (TPSA) is 93.3 Å². The summed E-state index contributed by atoms with van der Waals surface area (Å²) in [4.78, 5) is 7.68. The Morgan fingerprint density at radius 1 is 1.07 bits per heavy atom. The molecule has 7 nitrogen and oxygen atoms in total. The quantitative estimate of drug-likeness (QED) is 0.602. The fourth-order valence-corrected chi connectivity index (χ4v) is 4.15. The summed E-state index contributed by atoms with van der Waals surface area (Å²) >= 11 is 0. The fraction of sp³-hybridized carbons (Fsp3) is 0.250. The van der Waals surface area contributed by atoms with E-state index in [4.69, 9.17) is 9.47 Å². The van der Waals surface area contributed by atoms with Gasteiger partial charge in [0.15, 0.2) is 11.5 Å². The summed E-state index contributed by atoms with van der Waals surface area (Å²) in [6, 6.07) is 13.7. The van der Waals surface area contributed by atoms with Crippen LogP contribution in [-0.2, 0) is 10.0 Å². The lowest BCUT2D eigenvalue weighted by molar-refractivity contribution is 0.354. The Kier molecular flexibility index (Phi) is 6.01. The van der Waals surface area contributed by atoms with Crippen LogP contribution in [0, 0.1) is 0 Å². The van der Waals surface area contributed by atoms with E-state index in [9.17, 15) is 8.42 Å². The molecule has 0 spiro atoms. The van der Waals surface area contributed by atoms with Crippen LogP contribution in [0.5, 0.6) is 11.5 Å². The summed E-state index contributed by atoms with van der Waals surface area (Å²) in [6.07, 6.45) is 2.24. The monoisotopic (exact) mass is 401 g/mol. The number of aromatic amines is 1. The zero-order valence-electron chi connectivity index (χ0n) is 16.0. The first-order valence-electron chi connectivity index (χ1n) is 8.83. The van der Waals surface area contributed by atoms with E-state index in [0.717, 1.165) is 11.3 Å². The number of rotatable bonds is 8. The first kappa shape index (κ1) is 19.9. The van der Waals surface area contributed by atoms with Gasteiger partial charge in [-0.3, -0.25) is 0 Å². The molecule has 148 valence electrons. The van der Waals surface area contributed by atoms with Gasteiger partial charge in [0.25, 0.3) is 0 Å². The van der Waals surface area contributed by atoms with E-state index < -0.39 is 16.1 Å². The average Bonchev–Trinajstić information content (AvgIpc) is 3.22. The number of nitrogens with zero attached hydrogens (tertiary/aromatic N) is 1. The molecular formula is C20H23N3O4S. The second-order valence-electron chi connectivity index (χ2n) is 6.15. The number of imidazole rings is 1. The number of hydrogen-bond acceptors (Lipinski definition) is 5. The molecule has 2 N–H and O–H groups in total. The van der Waals surface area contributed by atoms with Crippen LogP contribution >= 0.6 is 0 Å². The van der Waals surface area contributed by atoms with Gasteiger partial charge in [0.1, 0.15) is 5.82 Å². The highest BCUT2D eigenvalue weighted by Gasteiger charge is 2.23. The summed E-state index contributed by atoms with van der Waals surface area (Å²) in [5.41, 5.74) is 1.82. The number of ether oxygens (including phenoxy) is 2. The third-order valence-corrected chi connectivity index (χ3v) is 5.85. The molecule has 1 aromatic heterocycles. The van der Waals surface area contributed by atoms with E-state index in [0.29, 0.717) is 23.7 Å².